The van der Waals surface area contributed by atoms with Crippen molar-refractivity contribution in [3.8, 4) is 5.75 Å². The Bertz CT molecular complexity index is 639. The zero-order valence-corrected chi connectivity index (χ0v) is 13.0. The fourth-order valence-electron chi connectivity index (χ4n) is 1.82. The Labute approximate surface area is 134 Å². The van der Waals surface area contributed by atoms with Gasteiger partial charge in [-0.3, -0.25) is 4.79 Å². The van der Waals surface area contributed by atoms with Gasteiger partial charge in [-0.15, -0.1) is 0 Å². The van der Waals surface area contributed by atoms with Crippen LogP contribution in [0.4, 0.5) is 0 Å². The fourth-order valence-corrected chi connectivity index (χ4v) is 1.95. The van der Waals surface area contributed by atoms with Gasteiger partial charge in [0, 0.05) is 5.02 Å². The first kappa shape index (κ1) is 16.0. The third-order valence-electron chi connectivity index (χ3n) is 2.94. The lowest BCUT2D eigenvalue weighted by Crippen LogP contribution is -2.26. The summed E-state index contributed by atoms with van der Waals surface area (Å²) in [5.74, 6) is 0.277. The predicted octanol–water partition coefficient (Wildman–Crippen LogP) is 3.65. The molecular weight excluding hydrogens is 300 g/mol. The third-order valence-corrected chi connectivity index (χ3v) is 3.19. The van der Waals surface area contributed by atoms with Crippen LogP contribution in [0.1, 0.15) is 18.9 Å². The maximum Gasteiger partial charge on any atom is 0.277 e. The van der Waals surface area contributed by atoms with Crippen molar-refractivity contribution in [1.82, 2.24) is 5.43 Å². The third kappa shape index (κ3) is 4.90. The SMILES string of the molecule is CC/C(=N/NC(=O)COc1ccc(Cl)cc1)c1ccccc1. The van der Waals surface area contributed by atoms with Crippen molar-refractivity contribution in [2.75, 3.05) is 6.61 Å². The van der Waals surface area contributed by atoms with Gasteiger partial charge in [0.2, 0.25) is 0 Å². The second-order valence-electron chi connectivity index (χ2n) is 4.56. The first-order valence-electron chi connectivity index (χ1n) is 6.98. The summed E-state index contributed by atoms with van der Waals surface area (Å²) in [5, 5.41) is 4.78. The summed E-state index contributed by atoms with van der Waals surface area (Å²) in [5.41, 5.74) is 4.32. The maximum atomic E-state index is 11.8. The molecule has 0 aliphatic carbocycles. The second-order valence-corrected chi connectivity index (χ2v) is 4.99. The molecule has 0 aromatic heterocycles. The van der Waals surface area contributed by atoms with Gasteiger partial charge >= 0.3 is 0 Å². The highest BCUT2D eigenvalue weighted by Crippen LogP contribution is 2.15. The fraction of sp³-hybridized carbons (Fsp3) is 0.176. The summed E-state index contributed by atoms with van der Waals surface area (Å²) < 4.78 is 5.35. The molecule has 2 aromatic rings. The maximum absolute atomic E-state index is 11.8. The van der Waals surface area contributed by atoms with Crippen molar-refractivity contribution in [3.05, 3.63) is 65.2 Å². The van der Waals surface area contributed by atoms with Gasteiger partial charge in [-0.1, -0.05) is 48.9 Å². The van der Waals surface area contributed by atoms with Crippen LogP contribution < -0.4 is 10.2 Å². The minimum Gasteiger partial charge on any atom is -0.484 e. The van der Waals surface area contributed by atoms with Gasteiger partial charge in [0.1, 0.15) is 5.75 Å². The number of carbonyl (C=O) groups excluding carboxylic acids is 1. The molecule has 0 aliphatic rings. The van der Waals surface area contributed by atoms with E-state index in [1.54, 1.807) is 24.3 Å². The van der Waals surface area contributed by atoms with Crippen LogP contribution in [0.25, 0.3) is 0 Å². The van der Waals surface area contributed by atoms with E-state index in [9.17, 15) is 4.79 Å². The topological polar surface area (TPSA) is 50.7 Å². The molecule has 0 heterocycles. The van der Waals surface area contributed by atoms with Crippen molar-refractivity contribution in [2.24, 2.45) is 5.10 Å². The van der Waals surface area contributed by atoms with Crippen LogP contribution in [0.15, 0.2) is 59.7 Å². The molecule has 22 heavy (non-hydrogen) atoms. The van der Waals surface area contributed by atoms with E-state index in [1.807, 2.05) is 37.3 Å². The van der Waals surface area contributed by atoms with Crippen LogP contribution in [0.5, 0.6) is 5.75 Å². The molecule has 0 atom stereocenters. The van der Waals surface area contributed by atoms with Crippen LogP contribution in [-0.4, -0.2) is 18.2 Å². The van der Waals surface area contributed by atoms with E-state index < -0.39 is 0 Å². The summed E-state index contributed by atoms with van der Waals surface area (Å²) in [6.07, 6.45) is 0.725. The normalized spacial score (nSPS) is 11.1. The van der Waals surface area contributed by atoms with Gasteiger partial charge in [0.05, 0.1) is 5.71 Å². The van der Waals surface area contributed by atoms with Crippen LogP contribution in [-0.2, 0) is 4.79 Å². The predicted molar refractivity (Wildman–Crippen MR) is 88.4 cm³/mol. The Hall–Kier alpha value is -2.33. The molecule has 0 saturated heterocycles. The number of nitrogens with zero attached hydrogens (tertiary/aromatic N) is 1. The molecule has 0 aliphatic heterocycles. The number of benzene rings is 2. The molecule has 2 aromatic carbocycles. The van der Waals surface area contributed by atoms with Crippen molar-refractivity contribution in [3.63, 3.8) is 0 Å². The van der Waals surface area contributed by atoms with E-state index in [1.165, 1.54) is 0 Å². The van der Waals surface area contributed by atoms with Gasteiger partial charge in [0.15, 0.2) is 6.61 Å². The Morgan fingerprint density at radius 3 is 2.45 bits per heavy atom. The molecule has 4 nitrogen and oxygen atoms in total. The Morgan fingerprint density at radius 2 is 1.82 bits per heavy atom. The molecule has 1 N–H and O–H groups in total. The van der Waals surface area contributed by atoms with Crippen molar-refractivity contribution >= 4 is 23.2 Å². The summed E-state index contributed by atoms with van der Waals surface area (Å²) in [4.78, 5) is 11.8. The van der Waals surface area contributed by atoms with E-state index >= 15 is 0 Å². The second kappa shape index (κ2) is 8.20. The lowest BCUT2D eigenvalue weighted by Gasteiger charge is -2.07. The van der Waals surface area contributed by atoms with E-state index in [-0.39, 0.29) is 12.5 Å². The smallest absolute Gasteiger partial charge is 0.277 e. The number of hydrogen-bond acceptors (Lipinski definition) is 3. The summed E-state index contributed by atoms with van der Waals surface area (Å²) >= 11 is 5.78. The van der Waals surface area contributed by atoms with E-state index in [0.717, 1.165) is 17.7 Å². The number of halogens is 1. The molecular formula is C17H17ClN2O2. The summed E-state index contributed by atoms with van der Waals surface area (Å²) in [6.45, 7) is 1.89. The molecule has 114 valence electrons. The molecule has 0 radical (unpaired) electrons. The monoisotopic (exact) mass is 316 g/mol. The van der Waals surface area contributed by atoms with Crippen molar-refractivity contribution in [1.29, 1.82) is 0 Å². The zero-order valence-electron chi connectivity index (χ0n) is 12.3. The first-order valence-corrected chi connectivity index (χ1v) is 7.36. The van der Waals surface area contributed by atoms with Crippen LogP contribution >= 0.6 is 11.6 Å². The van der Waals surface area contributed by atoms with Crippen molar-refractivity contribution < 1.29 is 9.53 Å². The van der Waals surface area contributed by atoms with Gasteiger partial charge in [0.25, 0.3) is 5.91 Å². The Balaban J connectivity index is 1.88. The number of ether oxygens (including phenoxy) is 1. The minimum absolute atomic E-state index is 0.100. The van der Waals surface area contributed by atoms with Crippen molar-refractivity contribution in [2.45, 2.75) is 13.3 Å². The molecule has 0 unspecified atom stereocenters. The number of carbonyl (C=O) groups is 1. The highest BCUT2D eigenvalue weighted by Gasteiger charge is 2.04. The molecule has 5 heteroatoms. The zero-order chi connectivity index (χ0) is 15.8. The first-order chi connectivity index (χ1) is 10.7. The van der Waals surface area contributed by atoms with E-state index in [4.69, 9.17) is 16.3 Å². The molecule has 0 spiro atoms. The minimum atomic E-state index is -0.308. The Kier molecular flexibility index (Phi) is 5.98. The number of amides is 1. The highest BCUT2D eigenvalue weighted by molar-refractivity contribution is 6.30. The molecule has 0 saturated carbocycles. The van der Waals surface area contributed by atoms with Gasteiger partial charge in [-0.05, 0) is 36.2 Å². The average molecular weight is 317 g/mol. The van der Waals surface area contributed by atoms with Crippen LogP contribution in [0.3, 0.4) is 0 Å². The number of nitrogens with one attached hydrogen (secondary N) is 1. The number of hydrogen-bond donors (Lipinski definition) is 1. The lowest BCUT2D eigenvalue weighted by molar-refractivity contribution is -0.123. The standard InChI is InChI=1S/C17H17ClN2O2/c1-2-16(13-6-4-3-5-7-13)19-20-17(21)12-22-15-10-8-14(18)9-11-15/h3-11H,2,12H2,1H3,(H,20,21)/b19-16-. The quantitative estimate of drug-likeness (QED) is 0.653. The number of hydrazone groups is 1. The van der Waals surface area contributed by atoms with Gasteiger partial charge < -0.3 is 4.74 Å². The number of rotatable bonds is 6. The lowest BCUT2D eigenvalue weighted by atomic mass is 10.1. The highest BCUT2D eigenvalue weighted by atomic mass is 35.5. The largest absolute Gasteiger partial charge is 0.484 e. The van der Waals surface area contributed by atoms with Gasteiger partial charge in [-0.2, -0.15) is 5.10 Å². The molecule has 1 amide bonds. The summed E-state index contributed by atoms with van der Waals surface area (Å²) in [7, 11) is 0. The molecule has 0 bridgehead atoms. The van der Waals surface area contributed by atoms with Crippen LogP contribution in [0.2, 0.25) is 5.02 Å². The van der Waals surface area contributed by atoms with E-state index in [2.05, 4.69) is 10.5 Å². The molecule has 2 rings (SSSR count). The van der Waals surface area contributed by atoms with Crippen LogP contribution in [0, 0.1) is 0 Å². The molecule has 0 fully saturated rings. The Morgan fingerprint density at radius 1 is 1.14 bits per heavy atom. The van der Waals surface area contributed by atoms with E-state index in [0.29, 0.717) is 10.8 Å². The summed E-state index contributed by atoms with van der Waals surface area (Å²) in [6, 6.07) is 16.6. The van der Waals surface area contributed by atoms with Gasteiger partial charge in [-0.25, -0.2) is 5.43 Å². The average Bonchev–Trinajstić information content (AvgIpc) is 2.56.